The minimum atomic E-state index is -0.358. The third-order valence-electron chi connectivity index (χ3n) is 8.66. The first-order valence-corrected chi connectivity index (χ1v) is 13.8. The smallest absolute Gasteiger partial charge is 0.410 e. The molecular weight excluding hydrogens is 461 g/mol. The first-order valence-electron chi connectivity index (χ1n) is 13.8. The number of nitrogens with one attached hydrogen (secondary N) is 1. The zero-order valence-corrected chi connectivity index (χ0v) is 21.3. The third-order valence-corrected chi connectivity index (χ3v) is 8.66. The van der Waals surface area contributed by atoms with Crippen LogP contribution in [0.3, 0.4) is 0 Å². The van der Waals surface area contributed by atoms with Gasteiger partial charge in [0.15, 0.2) is 0 Å². The number of hydrogen-bond acceptors (Lipinski definition) is 5. The Hall–Kier alpha value is -2.19. The van der Waals surface area contributed by atoms with Crippen LogP contribution in [0.25, 0.3) is 0 Å². The lowest BCUT2D eigenvalue weighted by atomic mass is 9.81. The van der Waals surface area contributed by atoms with Crippen LogP contribution in [-0.4, -0.2) is 79.4 Å². The molecule has 36 heavy (non-hydrogen) atoms. The van der Waals surface area contributed by atoms with E-state index in [0.717, 1.165) is 96.1 Å². The van der Waals surface area contributed by atoms with E-state index in [1.807, 2.05) is 17.0 Å². The standard InChI is InChI=1S/C28H40FN3O4/c29-24-9-5-21(6-10-24)11-14-31-15-12-28(13-16-31)20-32(27(34)36-28)19-22-3-7-23(8-4-22)26(33)30-18-25-2-1-17-35-25/h5-6,9-10,22-23,25H,1-4,7-8,11-20H2,(H,30,33). The van der Waals surface area contributed by atoms with E-state index in [-0.39, 0.29) is 35.4 Å². The predicted octanol–water partition coefficient (Wildman–Crippen LogP) is 3.76. The van der Waals surface area contributed by atoms with Gasteiger partial charge in [-0.15, -0.1) is 0 Å². The van der Waals surface area contributed by atoms with Crippen LogP contribution in [-0.2, 0) is 20.7 Å². The monoisotopic (exact) mass is 501 g/mol. The second kappa shape index (κ2) is 11.5. The Morgan fingerprint density at radius 1 is 1.08 bits per heavy atom. The van der Waals surface area contributed by atoms with Crippen molar-refractivity contribution in [2.45, 2.75) is 69.5 Å². The molecule has 0 bridgehead atoms. The Bertz CT molecular complexity index is 889. The van der Waals surface area contributed by atoms with Gasteiger partial charge < -0.3 is 24.6 Å². The van der Waals surface area contributed by atoms with Crippen LogP contribution < -0.4 is 5.32 Å². The van der Waals surface area contributed by atoms with Crippen molar-refractivity contribution in [3.8, 4) is 0 Å². The van der Waals surface area contributed by atoms with E-state index < -0.39 is 0 Å². The number of benzene rings is 1. The van der Waals surface area contributed by atoms with E-state index in [9.17, 15) is 14.0 Å². The van der Waals surface area contributed by atoms with Gasteiger partial charge in [0.1, 0.15) is 11.4 Å². The topological polar surface area (TPSA) is 71.1 Å². The molecular formula is C28H40FN3O4. The highest BCUT2D eigenvalue weighted by molar-refractivity contribution is 5.78. The summed E-state index contributed by atoms with van der Waals surface area (Å²) in [7, 11) is 0. The lowest BCUT2D eigenvalue weighted by Gasteiger charge is -2.37. The lowest BCUT2D eigenvalue weighted by molar-refractivity contribution is -0.126. The number of hydrogen-bond donors (Lipinski definition) is 1. The SMILES string of the molecule is O=C(NCC1CCCO1)C1CCC(CN2CC3(CCN(CCc4ccc(F)cc4)CC3)OC2=O)CC1. The molecule has 3 saturated heterocycles. The third kappa shape index (κ3) is 6.38. The van der Waals surface area contributed by atoms with E-state index >= 15 is 0 Å². The van der Waals surface area contributed by atoms with Gasteiger partial charge >= 0.3 is 6.09 Å². The normalized spacial score (nSPS) is 28.4. The van der Waals surface area contributed by atoms with Gasteiger partial charge in [-0.25, -0.2) is 9.18 Å². The summed E-state index contributed by atoms with van der Waals surface area (Å²) in [5.41, 5.74) is 0.785. The van der Waals surface area contributed by atoms with E-state index in [1.165, 1.54) is 12.1 Å². The Labute approximate surface area is 213 Å². The number of likely N-dealkylation sites (tertiary alicyclic amines) is 1. The van der Waals surface area contributed by atoms with E-state index in [1.54, 1.807) is 0 Å². The number of amides is 2. The van der Waals surface area contributed by atoms with Crippen LogP contribution >= 0.6 is 0 Å². The first kappa shape index (κ1) is 25.5. The summed E-state index contributed by atoms with van der Waals surface area (Å²) < 4.78 is 24.7. The lowest BCUT2D eigenvalue weighted by Crippen LogP contribution is -2.47. The molecule has 1 N–H and O–H groups in total. The maximum Gasteiger partial charge on any atom is 0.410 e. The molecule has 4 fully saturated rings. The van der Waals surface area contributed by atoms with Crippen LogP contribution in [0.5, 0.6) is 0 Å². The molecule has 8 heteroatoms. The number of carbonyl (C=O) groups is 2. The summed E-state index contributed by atoms with van der Waals surface area (Å²) in [4.78, 5) is 29.6. The van der Waals surface area contributed by atoms with E-state index in [0.29, 0.717) is 19.0 Å². The van der Waals surface area contributed by atoms with Gasteiger partial charge in [-0.05, 0) is 68.6 Å². The largest absolute Gasteiger partial charge is 0.441 e. The number of ether oxygens (including phenoxy) is 2. The van der Waals surface area contributed by atoms with Gasteiger partial charge in [-0.2, -0.15) is 0 Å². The van der Waals surface area contributed by atoms with Crippen molar-refractivity contribution in [1.29, 1.82) is 0 Å². The van der Waals surface area contributed by atoms with Crippen LogP contribution in [0.1, 0.15) is 56.9 Å². The summed E-state index contributed by atoms with van der Waals surface area (Å²) >= 11 is 0. The molecule has 3 heterocycles. The van der Waals surface area contributed by atoms with E-state index in [2.05, 4.69) is 10.2 Å². The molecule has 1 aromatic carbocycles. The summed E-state index contributed by atoms with van der Waals surface area (Å²) in [6.45, 7) is 5.61. The van der Waals surface area contributed by atoms with Crippen molar-refractivity contribution >= 4 is 12.0 Å². The van der Waals surface area contributed by atoms with Gasteiger partial charge in [0.2, 0.25) is 5.91 Å². The fraction of sp³-hybridized carbons (Fsp3) is 0.714. The maximum absolute atomic E-state index is 13.1. The fourth-order valence-corrected chi connectivity index (χ4v) is 6.30. The Morgan fingerprint density at radius 2 is 1.83 bits per heavy atom. The second-order valence-corrected chi connectivity index (χ2v) is 11.2. The molecule has 0 radical (unpaired) electrons. The molecule has 1 spiro atoms. The highest BCUT2D eigenvalue weighted by Crippen LogP contribution is 2.36. The number of piperidine rings is 1. The van der Waals surface area contributed by atoms with Gasteiger partial charge in [-0.1, -0.05) is 12.1 Å². The fourth-order valence-electron chi connectivity index (χ4n) is 6.30. The Kier molecular flexibility index (Phi) is 8.11. The van der Waals surface area contributed by atoms with Crippen LogP contribution in [0.15, 0.2) is 24.3 Å². The summed E-state index contributed by atoms with van der Waals surface area (Å²) in [6, 6.07) is 6.73. The average molecular weight is 502 g/mol. The molecule has 5 rings (SSSR count). The first-order chi connectivity index (χ1) is 17.5. The molecule has 1 aromatic rings. The van der Waals surface area contributed by atoms with Gasteiger partial charge in [-0.3, -0.25) is 4.79 Å². The van der Waals surface area contributed by atoms with Crippen molar-refractivity contribution < 1.29 is 23.5 Å². The van der Waals surface area contributed by atoms with Crippen LogP contribution in [0, 0.1) is 17.7 Å². The Morgan fingerprint density at radius 3 is 2.53 bits per heavy atom. The van der Waals surface area contributed by atoms with Crippen molar-refractivity contribution in [2.75, 3.05) is 45.9 Å². The summed E-state index contributed by atoms with van der Waals surface area (Å²) in [5.74, 6) is 0.481. The molecule has 0 aromatic heterocycles. The number of nitrogens with zero attached hydrogens (tertiary/aromatic N) is 2. The molecule has 4 aliphatic rings. The molecule has 1 aliphatic carbocycles. The Balaban J connectivity index is 1.01. The van der Waals surface area contributed by atoms with Crippen LogP contribution in [0.4, 0.5) is 9.18 Å². The zero-order chi connectivity index (χ0) is 25.0. The van der Waals surface area contributed by atoms with Crippen molar-refractivity contribution in [3.05, 3.63) is 35.6 Å². The average Bonchev–Trinajstić information content (AvgIpc) is 3.52. The molecule has 1 unspecified atom stereocenters. The zero-order valence-electron chi connectivity index (χ0n) is 21.3. The summed E-state index contributed by atoms with van der Waals surface area (Å²) in [6.07, 6.45) is 8.47. The number of halogens is 1. The quantitative estimate of drug-likeness (QED) is 0.588. The highest BCUT2D eigenvalue weighted by atomic mass is 19.1. The van der Waals surface area contributed by atoms with Crippen molar-refractivity contribution in [2.24, 2.45) is 11.8 Å². The van der Waals surface area contributed by atoms with Crippen LogP contribution in [0.2, 0.25) is 0 Å². The summed E-state index contributed by atoms with van der Waals surface area (Å²) in [5, 5.41) is 3.08. The second-order valence-electron chi connectivity index (χ2n) is 11.2. The van der Waals surface area contributed by atoms with Crippen molar-refractivity contribution in [1.82, 2.24) is 15.1 Å². The van der Waals surface area contributed by atoms with Gasteiger partial charge in [0, 0.05) is 58.1 Å². The molecule has 1 saturated carbocycles. The highest BCUT2D eigenvalue weighted by Gasteiger charge is 2.47. The predicted molar refractivity (Wildman–Crippen MR) is 134 cm³/mol. The minimum absolute atomic E-state index is 0.0822. The number of rotatable bonds is 8. The minimum Gasteiger partial charge on any atom is -0.441 e. The molecule has 3 aliphatic heterocycles. The molecule has 198 valence electrons. The van der Waals surface area contributed by atoms with Crippen molar-refractivity contribution in [3.63, 3.8) is 0 Å². The van der Waals surface area contributed by atoms with Gasteiger partial charge in [0.25, 0.3) is 0 Å². The molecule has 1 atom stereocenters. The maximum atomic E-state index is 13.1. The molecule has 2 amide bonds. The number of carbonyl (C=O) groups excluding carboxylic acids is 2. The van der Waals surface area contributed by atoms with Gasteiger partial charge in [0.05, 0.1) is 12.6 Å². The van der Waals surface area contributed by atoms with E-state index in [4.69, 9.17) is 9.47 Å². The molecule has 7 nitrogen and oxygen atoms in total.